The summed E-state index contributed by atoms with van der Waals surface area (Å²) in [4.78, 5) is 11.0. The van der Waals surface area contributed by atoms with Crippen molar-refractivity contribution < 1.29 is 14.6 Å². The molecule has 0 saturated carbocycles. The van der Waals surface area contributed by atoms with E-state index in [1.807, 2.05) is 0 Å². The maximum Gasteiger partial charge on any atom is 0.326 e. The Labute approximate surface area is 85.6 Å². The van der Waals surface area contributed by atoms with Gasteiger partial charge in [-0.05, 0) is 19.4 Å². The van der Waals surface area contributed by atoms with E-state index in [4.69, 9.17) is 9.84 Å². The summed E-state index contributed by atoms with van der Waals surface area (Å²) in [6.45, 7) is 6.69. The Balaban J connectivity index is 4.16. The van der Waals surface area contributed by atoms with E-state index in [0.29, 0.717) is 12.5 Å². The van der Waals surface area contributed by atoms with E-state index in [1.165, 1.54) is 7.11 Å². The monoisotopic (exact) mass is 203 g/mol. The normalized spacial score (nSPS) is 17.4. The summed E-state index contributed by atoms with van der Waals surface area (Å²) in [5, 5.41) is 12.0. The lowest BCUT2D eigenvalue weighted by Gasteiger charge is -2.26. The lowest BCUT2D eigenvalue weighted by Crippen LogP contribution is -2.54. The molecule has 2 atom stereocenters. The van der Waals surface area contributed by atoms with E-state index < -0.39 is 11.5 Å². The Kier molecular flexibility index (Phi) is 5.72. The fraction of sp³-hybridized carbons (Fsp3) is 0.900. The van der Waals surface area contributed by atoms with E-state index in [1.54, 1.807) is 6.92 Å². The highest BCUT2D eigenvalue weighted by Gasteiger charge is 2.32. The number of hydrogen-bond donors (Lipinski definition) is 2. The SMILES string of the molecule is CCC(C)CNC(C)(COC)C(=O)O. The summed E-state index contributed by atoms with van der Waals surface area (Å²) in [5.74, 6) is -0.395. The van der Waals surface area contributed by atoms with E-state index in [2.05, 4.69) is 19.2 Å². The van der Waals surface area contributed by atoms with Gasteiger partial charge in [0.05, 0.1) is 6.61 Å². The Bertz CT molecular complexity index is 184. The van der Waals surface area contributed by atoms with Crippen LogP contribution in [0.2, 0.25) is 0 Å². The van der Waals surface area contributed by atoms with Crippen molar-refractivity contribution in [2.24, 2.45) is 5.92 Å². The number of carboxylic acid groups (broad SMARTS) is 1. The summed E-state index contributed by atoms with van der Waals surface area (Å²) in [6, 6.07) is 0. The van der Waals surface area contributed by atoms with Crippen LogP contribution in [0.15, 0.2) is 0 Å². The van der Waals surface area contributed by atoms with Gasteiger partial charge in [-0.3, -0.25) is 10.1 Å². The fourth-order valence-electron chi connectivity index (χ4n) is 1.02. The molecule has 0 aromatic carbocycles. The van der Waals surface area contributed by atoms with Crippen LogP contribution in [0.1, 0.15) is 27.2 Å². The number of nitrogens with one attached hydrogen (secondary N) is 1. The third-order valence-corrected chi connectivity index (χ3v) is 2.44. The van der Waals surface area contributed by atoms with Crippen LogP contribution in [-0.2, 0) is 9.53 Å². The summed E-state index contributed by atoms with van der Waals surface area (Å²) >= 11 is 0. The van der Waals surface area contributed by atoms with Crippen molar-refractivity contribution in [3.8, 4) is 0 Å². The largest absolute Gasteiger partial charge is 0.480 e. The zero-order valence-electron chi connectivity index (χ0n) is 9.46. The lowest BCUT2D eigenvalue weighted by molar-refractivity contribution is -0.146. The minimum absolute atomic E-state index is 0.179. The molecule has 0 aromatic rings. The summed E-state index contributed by atoms with van der Waals surface area (Å²) in [6.07, 6.45) is 1.04. The van der Waals surface area contributed by atoms with Gasteiger partial charge in [0, 0.05) is 7.11 Å². The second-order valence-corrected chi connectivity index (χ2v) is 3.96. The molecule has 0 rings (SSSR count). The minimum atomic E-state index is -0.974. The summed E-state index contributed by atoms with van der Waals surface area (Å²) < 4.78 is 4.89. The third kappa shape index (κ3) is 4.07. The maximum absolute atomic E-state index is 11.0. The molecule has 0 aliphatic carbocycles. The first kappa shape index (κ1) is 13.4. The standard InChI is InChI=1S/C10H21NO3/c1-5-8(2)6-11-10(3,7-14-4)9(12)13/h8,11H,5-7H2,1-4H3,(H,12,13). The van der Waals surface area contributed by atoms with Crippen molar-refractivity contribution in [1.82, 2.24) is 5.32 Å². The highest BCUT2D eigenvalue weighted by atomic mass is 16.5. The van der Waals surface area contributed by atoms with Crippen molar-refractivity contribution >= 4 is 5.97 Å². The average molecular weight is 203 g/mol. The van der Waals surface area contributed by atoms with Crippen LogP contribution in [0.4, 0.5) is 0 Å². The van der Waals surface area contributed by atoms with Gasteiger partial charge in [0.15, 0.2) is 0 Å². The van der Waals surface area contributed by atoms with Crippen LogP contribution >= 0.6 is 0 Å². The minimum Gasteiger partial charge on any atom is -0.480 e. The molecule has 0 aliphatic heterocycles. The highest BCUT2D eigenvalue weighted by molar-refractivity contribution is 5.78. The molecule has 0 bridgehead atoms. The zero-order valence-corrected chi connectivity index (χ0v) is 9.46. The number of carboxylic acids is 1. The molecule has 0 aromatic heterocycles. The number of ether oxygens (including phenoxy) is 1. The Morgan fingerprint density at radius 2 is 2.21 bits per heavy atom. The van der Waals surface area contributed by atoms with Crippen LogP contribution in [0.5, 0.6) is 0 Å². The number of carbonyl (C=O) groups is 1. The Morgan fingerprint density at radius 3 is 2.57 bits per heavy atom. The van der Waals surface area contributed by atoms with E-state index in [0.717, 1.165) is 6.42 Å². The smallest absolute Gasteiger partial charge is 0.326 e. The first-order chi connectivity index (χ1) is 6.46. The van der Waals surface area contributed by atoms with Crippen LogP contribution in [0.3, 0.4) is 0 Å². The Hall–Kier alpha value is -0.610. The molecule has 0 radical (unpaired) electrons. The fourth-order valence-corrected chi connectivity index (χ4v) is 1.02. The van der Waals surface area contributed by atoms with Gasteiger partial charge in [0.2, 0.25) is 0 Å². The molecule has 4 nitrogen and oxygen atoms in total. The van der Waals surface area contributed by atoms with Gasteiger partial charge in [-0.15, -0.1) is 0 Å². The van der Waals surface area contributed by atoms with Gasteiger partial charge in [0.1, 0.15) is 5.54 Å². The third-order valence-electron chi connectivity index (χ3n) is 2.44. The average Bonchev–Trinajstić information content (AvgIpc) is 2.14. The van der Waals surface area contributed by atoms with Crippen LogP contribution < -0.4 is 5.32 Å². The molecule has 2 unspecified atom stereocenters. The predicted octanol–water partition coefficient (Wildman–Crippen LogP) is 1.11. The van der Waals surface area contributed by atoms with Crippen molar-refractivity contribution in [2.45, 2.75) is 32.7 Å². The second kappa shape index (κ2) is 5.98. The molecular weight excluding hydrogens is 182 g/mol. The van der Waals surface area contributed by atoms with Gasteiger partial charge in [0.25, 0.3) is 0 Å². The number of hydrogen-bond acceptors (Lipinski definition) is 3. The van der Waals surface area contributed by atoms with Crippen molar-refractivity contribution in [2.75, 3.05) is 20.3 Å². The lowest BCUT2D eigenvalue weighted by atomic mass is 10.0. The zero-order chi connectivity index (χ0) is 11.2. The van der Waals surface area contributed by atoms with Crippen molar-refractivity contribution in [3.63, 3.8) is 0 Å². The first-order valence-corrected chi connectivity index (χ1v) is 4.93. The van der Waals surface area contributed by atoms with Gasteiger partial charge >= 0.3 is 5.97 Å². The Morgan fingerprint density at radius 1 is 1.64 bits per heavy atom. The van der Waals surface area contributed by atoms with E-state index >= 15 is 0 Å². The molecule has 4 heteroatoms. The molecule has 84 valence electrons. The first-order valence-electron chi connectivity index (χ1n) is 4.93. The molecule has 0 spiro atoms. The van der Waals surface area contributed by atoms with Gasteiger partial charge in [-0.25, -0.2) is 0 Å². The molecule has 0 amide bonds. The maximum atomic E-state index is 11.0. The van der Waals surface area contributed by atoms with E-state index in [9.17, 15) is 4.79 Å². The molecule has 0 saturated heterocycles. The summed E-state index contributed by atoms with van der Waals surface area (Å²) in [5.41, 5.74) is -0.974. The van der Waals surface area contributed by atoms with E-state index in [-0.39, 0.29) is 6.61 Å². The molecule has 2 N–H and O–H groups in total. The molecular formula is C10H21NO3. The molecule has 0 heterocycles. The molecule has 0 fully saturated rings. The molecule has 0 aliphatic rings. The number of rotatable bonds is 7. The van der Waals surface area contributed by atoms with Crippen LogP contribution in [-0.4, -0.2) is 36.9 Å². The van der Waals surface area contributed by atoms with Crippen molar-refractivity contribution in [3.05, 3.63) is 0 Å². The van der Waals surface area contributed by atoms with Crippen molar-refractivity contribution in [1.29, 1.82) is 0 Å². The van der Waals surface area contributed by atoms with Gasteiger partial charge < -0.3 is 9.84 Å². The molecule has 14 heavy (non-hydrogen) atoms. The highest BCUT2D eigenvalue weighted by Crippen LogP contribution is 2.07. The van der Waals surface area contributed by atoms with Crippen LogP contribution in [0.25, 0.3) is 0 Å². The number of aliphatic carboxylic acids is 1. The van der Waals surface area contributed by atoms with Gasteiger partial charge in [-0.1, -0.05) is 20.3 Å². The van der Waals surface area contributed by atoms with Gasteiger partial charge in [-0.2, -0.15) is 0 Å². The second-order valence-electron chi connectivity index (χ2n) is 3.96. The quantitative estimate of drug-likeness (QED) is 0.651. The number of methoxy groups -OCH3 is 1. The predicted molar refractivity (Wildman–Crippen MR) is 55.4 cm³/mol. The topological polar surface area (TPSA) is 58.6 Å². The summed E-state index contributed by atoms with van der Waals surface area (Å²) in [7, 11) is 1.51. The van der Waals surface area contributed by atoms with Crippen LogP contribution in [0, 0.1) is 5.92 Å².